The number of imidazole rings is 1. The second kappa shape index (κ2) is 3.59. The van der Waals surface area contributed by atoms with Gasteiger partial charge in [-0.3, -0.25) is 4.98 Å². The van der Waals surface area contributed by atoms with Gasteiger partial charge in [0.25, 0.3) is 0 Å². The predicted octanol–water partition coefficient (Wildman–Crippen LogP) is 2.52. The van der Waals surface area contributed by atoms with Gasteiger partial charge >= 0.3 is 0 Å². The molecule has 17 heavy (non-hydrogen) atoms. The maximum absolute atomic E-state index is 5.88. The third-order valence-electron chi connectivity index (χ3n) is 2.70. The Labute approximate surface area is 98.5 Å². The van der Waals surface area contributed by atoms with E-state index < -0.39 is 0 Å². The van der Waals surface area contributed by atoms with E-state index in [4.69, 9.17) is 5.73 Å². The van der Waals surface area contributed by atoms with E-state index in [1.807, 2.05) is 24.3 Å². The normalized spacial score (nSPS) is 10.9. The van der Waals surface area contributed by atoms with E-state index in [9.17, 15) is 0 Å². The maximum Gasteiger partial charge on any atom is 0.159 e. The molecule has 3 N–H and O–H groups in total. The number of rotatable bonds is 1. The lowest BCUT2D eigenvalue weighted by molar-refractivity contribution is 1.24. The molecule has 3 rings (SSSR count). The fourth-order valence-electron chi connectivity index (χ4n) is 1.85. The van der Waals surface area contributed by atoms with Crippen molar-refractivity contribution in [1.29, 1.82) is 0 Å². The van der Waals surface area contributed by atoms with Gasteiger partial charge in [0.05, 0.1) is 16.7 Å². The quantitative estimate of drug-likeness (QED) is 0.667. The van der Waals surface area contributed by atoms with Crippen LogP contribution in [0.2, 0.25) is 0 Å². The lowest BCUT2D eigenvalue weighted by atomic mass is 10.2. The number of benzene rings is 1. The average molecular weight is 224 g/mol. The fraction of sp³-hybridized carbons (Fsp3) is 0.0769. The van der Waals surface area contributed by atoms with E-state index in [1.54, 1.807) is 6.20 Å². The third-order valence-corrected chi connectivity index (χ3v) is 2.70. The van der Waals surface area contributed by atoms with Crippen LogP contribution in [0.15, 0.2) is 36.5 Å². The van der Waals surface area contributed by atoms with E-state index in [1.165, 1.54) is 5.56 Å². The van der Waals surface area contributed by atoms with Gasteiger partial charge < -0.3 is 10.7 Å². The Bertz CT molecular complexity index is 685. The lowest BCUT2D eigenvalue weighted by Crippen LogP contribution is -1.93. The lowest BCUT2D eigenvalue weighted by Gasteiger charge is -1.98. The molecule has 0 unspecified atom stereocenters. The zero-order valence-electron chi connectivity index (χ0n) is 9.44. The van der Waals surface area contributed by atoms with E-state index in [-0.39, 0.29) is 0 Å². The average Bonchev–Trinajstić information content (AvgIpc) is 2.72. The summed E-state index contributed by atoms with van der Waals surface area (Å²) in [5.74, 6) is 0.712. The van der Waals surface area contributed by atoms with Crippen molar-refractivity contribution in [3.05, 3.63) is 42.1 Å². The molecule has 3 aromatic rings. The number of nitrogen functional groups attached to an aromatic ring is 1. The van der Waals surface area contributed by atoms with Crippen LogP contribution in [0.1, 0.15) is 5.56 Å². The first kappa shape index (κ1) is 9.84. The fourth-order valence-corrected chi connectivity index (χ4v) is 1.85. The van der Waals surface area contributed by atoms with E-state index in [2.05, 4.69) is 27.9 Å². The van der Waals surface area contributed by atoms with Crippen LogP contribution in [0.25, 0.3) is 22.6 Å². The smallest absolute Gasteiger partial charge is 0.159 e. The van der Waals surface area contributed by atoms with Gasteiger partial charge in [0.2, 0.25) is 0 Å². The van der Waals surface area contributed by atoms with Gasteiger partial charge in [0, 0.05) is 6.20 Å². The van der Waals surface area contributed by atoms with Crippen LogP contribution in [-0.2, 0) is 0 Å². The molecule has 0 fully saturated rings. The monoisotopic (exact) mass is 224 g/mol. The van der Waals surface area contributed by atoms with Gasteiger partial charge in [0.1, 0.15) is 5.69 Å². The summed E-state index contributed by atoms with van der Waals surface area (Å²) in [5.41, 5.74) is 10.3. The first-order chi connectivity index (χ1) is 8.24. The molecule has 0 saturated carbocycles. The molecule has 0 atom stereocenters. The van der Waals surface area contributed by atoms with Crippen molar-refractivity contribution in [3.63, 3.8) is 0 Å². The molecule has 2 heterocycles. The van der Waals surface area contributed by atoms with E-state index >= 15 is 0 Å². The number of fused-ring (bicyclic) bond motifs is 1. The molecule has 84 valence electrons. The highest BCUT2D eigenvalue weighted by Gasteiger charge is 2.08. The minimum atomic E-state index is 0.628. The van der Waals surface area contributed by atoms with Gasteiger partial charge in [-0.15, -0.1) is 0 Å². The van der Waals surface area contributed by atoms with Crippen LogP contribution in [0.3, 0.4) is 0 Å². The number of H-pyrrole nitrogens is 1. The molecule has 4 nitrogen and oxygen atoms in total. The molecule has 0 aliphatic heterocycles. The molecule has 2 aromatic heterocycles. The largest absolute Gasteiger partial charge is 0.397 e. The summed E-state index contributed by atoms with van der Waals surface area (Å²) in [4.78, 5) is 12.0. The predicted molar refractivity (Wildman–Crippen MR) is 68.5 cm³/mol. The molecule has 1 aromatic carbocycles. The van der Waals surface area contributed by atoms with Gasteiger partial charge in [0.15, 0.2) is 5.82 Å². The molecule has 0 saturated heterocycles. The minimum Gasteiger partial charge on any atom is -0.397 e. The molecule has 0 spiro atoms. The Morgan fingerprint density at radius 2 is 2.12 bits per heavy atom. The number of aromatic amines is 1. The highest BCUT2D eigenvalue weighted by Crippen LogP contribution is 2.23. The molecule has 0 amide bonds. The Hall–Kier alpha value is -2.36. The summed E-state index contributed by atoms with van der Waals surface area (Å²) in [6, 6.07) is 9.72. The van der Waals surface area contributed by atoms with Crippen LogP contribution >= 0.6 is 0 Å². The molecular weight excluding hydrogens is 212 g/mol. The van der Waals surface area contributed by atoms with Gasteiger partial charge in [-0.2, -0.15) is 0 Å². The van der Waals surface area contributed by atoms with Gasteiger partial charge in [-0.1, -0.05) is 6.07 Å². The molecular formula is C13H12N4. The van der Waals surface area contributed by atoms with Crippen molar-refractivity contribution in [1.82, 2.24) is 15.0 Å². The molecule has 4 heteroatoms. The van der Waals surface area contributed by atoms with Gasteiger partial charge in [-0.05, 0) is 36.8 Å². The van der Waals surface area contributed by atoms with Crippen LogP contribution < -0.4 is 5.73 Å². The Morgan fingerprint density at radius 3 is 2.94 bits per heavy atom. The first-order valence-corrected chi connectivity index (χ1v) is 5.41. The summed E-state index contributed by atoms with van der Waals surface area (Å²) in [6.07, 6.45) is 1.71. The minimum absolute atomic E-state index is 0.628. The van der Waals surface area contributed by atoms with Crippen molar-refractivity contribution in [2.24, 2.45) is 0 Å². The van der Waals surface area contributed by atoms with Crippen LogP contribution in [0, 0.1) is 6.92 Å². The Kier molecular flexibility index (Phi) is 2.08. The number of aryl methyl sites for hydroxylation is 1. The van der Waals surface area contributed by atoms with Crippen molar-refractivity contribution >= 4 is 16.7 Å². The highest BCUT2D eigenvalue weighted by atomic mass is 15.0. The number of nitrogens with zero attached hydrogens (tertiary/aromatic N) is 2. The summed E-state index contributed by atoms with van der Waals surface area (Å²) in [7, 11) is 0. The topological polar surface area (TPSA) is 67.6 Å². The zero-order valence-corrected chi connectivity index (χ0v) is 9.44. The standard InChI is InChI=1S/C13H12N4/c1-8-4-5-10-11(7-8)17-13(16-10)12-9(14)3-2-6-15-12/h2-7H,14H2,1H3,(H,16,17). The van der Waals surface area contributed by atoms with Crippen LogP contribution in [0.4, 0.5) is 5.69 Å². The molecule has 0 radical (unpaired) electrons. The number of hydrogen-bond donors (Lipinski definition) is 2. The zero-order chi connectivity index (χ0) is 11.8. The Morgan fingerprint density at radius 1 is 1.24 bits per heavy atom. The SMILES string of the molecule is Cc1ccc2nc(-c3ncccc3N)[nH]c2c1. The van der Waals surface area contributed by atoms with Crippen molar-refractivity contribution in [2.45, 2.75) is 6.92 Å². The van der Waals surface area contributed by atoms with E-state index in [0.29, 0.717) is 17.2 Å². The number of aromatic nitrogens is 3. The molecule has 0 aliphatic rings. The number of hydrogen-bond acceptors (Lipinski definition) is 3. The second-order valence-corrected chi connectivity index (χ2v) is 4.05. The third kappa shape index (κ3) is 1.63. The van der Waals surface area contributed by atoms with E-state index in [0.717, 1.165) is 11.0 Å². The number of nitrogens with one attached hydrogen (secondary N) is 1. The van der Waals surface area contributed by atoms with Crippen molar-refractivity contribution < 1.29 is 0 Å². The van der Waals surface area contributed by atoms with Gasteiger partial charge in [-0.25, -0.2) is 4.98 Å². The van der Waals surface area contributed by atoms with Crippen LogP contribution in [-0.4, -0.2) is 15.0 Å². The summed E-state index contributed by atoms with van der Waals surface area (Å²) < 4.78 is 0. The summed E-state index contributed by atoms with van der Waals surface area (Å²) >= 11 is 0. The summed E-state index contributed by atoms with van der Waals surface area (Å²) in [6.45, 7) is 2.05. The maximum atomic E-state index is 5.88. The number of nitrogens with two attached hydrogens (primary N) is 1. The number of pyridine rings is 1. The van der Waals surface area contributed by atoms with Crippen molar-refractivity contribution in [3.8, 4) is 11.5 Å². The number of anilines is 1. The highest BCUT2D eigenvalue weighted by molar-refractivity contribution is 5.81. The molecule has 0 aliphatic carbocycles. The first-order valence-electron chi connectivity index (χ1n) is 5.41. The van der Waals surface area contributed by atoms with Crippen LogP contribution in [0.5, 0.6) is 0 Å². The second-order valence-electron chi connectivity index (χ2n) is 4.05. The Balaban J connectivity index is 2.22. The van der Waals surface area contributed by atoms with Crippen molar-refractivity contribution in [2.75, 3.05) is 5.73 Å². The summed E-state index contributed by atoms with van der Waals surface area (Å²) in [5, 5.41) is 0. The molecule has 0 bridgehead atoms.